The Morgan fingerprint density at radius 1 is 1.39 bits per heavy atom. The van der Waals surface area contributed by atoms with Crippen molar-refractivity contribution in [3.63, 3.8) is 0 Å². The van der Waals surface area contributed by atoms with Crippen molar-refractivity contribution in [3.05, 3.63) is 47.0 Å². The van der Waals surface area contributed by atoms with Crippen molar-refractivity contribution < 1.29 is 4.79 Å². The van der Waals surface area contributed by atoms with E-state index in [1.54, 1.807) is 0 Å². The molecule has 3 rings (SSSR count). The highest BCUT2D eigenvalue weighted by Gasteiger charge is 2.24. The third kappa shape index (κ3) is 3.27. The predicted octanol–water partition coefficient (Wildman–Crippen LogP) is 1.45. The van der Waals surface area contributed by atoms with Crippen molar-refractivity contribution in [2.75, 3.05) is 14.1 Å². The molecule has 2 heterocycles. The van der Waals surface area contributed by atoms with Crippen LogP contribution in [0, 0.1) is 6.92 Å². The van der Waals surface area contributed by atoms with Gasteiger partial charge in [-0.05, 0) is 33.0 Å². The summed E-state index contributed by atoms with van der Waals surface area (Å²) in [4.78, 5) is 14.6. The van der Waals surface area contributed by atoms with Crippen molar-refractivity contribution in [2.45, 2.75) is 38.9 Å². The molecule has 2 aromatic rings. The van der Waals surface area contributed by atoms with Crippen LogP contribution in [0.15, 0.2) is 24.3 Å². The SMILES string of the molecule is Cc1cccc([C@@H](C(=O)NCc2nnc3n2CCC3)N(C)C)c1. The first-order valence-electron chi connectivity index (χ1n) is 7.98. The molecule has 1 aliphatic rings. The fourth-order valence-corrected chi connectivity index (χ4v) is 3.13. The zero-order valence-corrected chi connectivity index (χ0v) is 13.9. The summed E-state index contributed by atoms with van der Waals surface area (Å²) in [5.41, 5.74) is 2.15. The lowest BCUT2D eigenvalue weighted by molar-refractivity contribution is -0.126. The van der Waals surface area contributed by atoms with E-state index >= 15 is 0 Å². The molecule has 6 nitrogen and oxygen atoms in total. The van der Waals surface area contributed by atoms with Crippen LogP contribution < -0.4 is 5.32 Å². The van der Waals surface area contributed by atoms with Gasteiger partial charge in [-0.15, -0.1) is 10.2 Å². The predicted molar refractivity (Wildman–Crippen MR) is 87.8 cm³/mol. The summed E-state index contributed by atoms with van der Waals surface area (Å²) in [5, 5.41) is 11.4. The fraction of sp³-hybridized carbons (Fsp3) is 0.471. The molecule has 1 aliphatic heterocycles. The summed E-state index contributed by atoms with van der Waals surface area (Å²) in [6.45, 7) is 3.40. The van der Waals surface area contributed by atoms with Crippen LogP contribution >= 0.6 is 0 Å². The van der Waals surface area contributed by atoms with Gasteiger partial charge in [0.1, 0.15) is 11.9 Å². The highest BCUT2D eigenvalue weighted by Crippen LogP contribution is 2.20. The molecule has 0 saturated carbocycles. The molecule has 6 heteroatoms. The number of carbonyl (C=O) groups is 1. The van der Waals surface area contributed by atoms with Crippen molar-refractivity contribution in [3.8, 4) is 0 Å². The number of hydrogen-bond acceptors (Lipinski definition) is 4. The molecule has 122 valence electrons. The van der Waals surface area contributed by atoms with Crippen LogP contribution in [-0.2, 0) is 24.3 Å². The Bertz CT molecular complexity index is 707. The van der Waals surface area contributed by atoms with Crippen LogP contribution in [0.5, 0.6) is 0 Å². The number of nitrogens with one attached hydrogen (secondary N) is 1. The van der Waals surface area contributed by atoms with Gasteiger partial charge in [-0.2, -0.15) is 0 Å². The van der Waals surface area contributed by atoms with Gasteiger partial charge in [0, 0.05) is 13.0 Å². The maximum Gasteiger partial charge on any atom is 0.242 e. The second kappa shape index (κ2) is 6.50. The summed E-state index contributed by atoms with van der Waals surface area (Å²) in [6.07, 6.45) is 2.08. The minimum absolute atomic E-state index is 0.0176. The Morgan fingerprint density at radius 2 is 2.22 bits per heavy atom. The molecule has 0 spiro atoms. The molecule has 0 fully saturated rings. The molecule has 1 atom stereocenters. The normalized spacial score (nSPS) is 14.8. The number of amides is 1. The van der Waals surface area contributed by atoms with Gasteiger partial charge in [-0.3, -0.25) is 9.69 Å². The van der Waals surface area contributed by atoms with E-state index in [9.17, 15) is 4.79 Å². The summed E-state index contributed by atoms with van der Waals surface area (Å²) >= 11 is 0. The van der Waals surface area contributed by atoms with Gasteiger partial charge >= 0.3 is 0 Å². The van der Waals surface area contributed by atoms with E-state index in [2.05, 4.69) is 26.1 Å². The monoisotopic (exact) mass is 313 g/mol. The van der Waals surface area contributed by atoms with Gasteiger partial charge in [0.2, 0.25) is 5.91 Å². The van der Waals surface area contributed by atoms with Crippen LogP contribution in [0.4, 0.5) is 0 Å². The first-order chi connectivity index (χ1) is 11.1. The summed E-state index contributed by atoms with van der Waals surface area (Å²) < 4.78 is 2.11. The largest absolute Gasteiger partial charge is 0.347 e. The Labute approximate surface area is 136 Å². The van der Waals surface area contributed by atoms with Gasteiger partial charge in [-0.25, -0.2) is 0 Å². The van der Waals surface area contributed by atoms with E-state index in [0.717, 1.165) is 42.2 Å². The standard InChI is InChI=1S/C17H23N5O/c1-12-6-4-7-13(10-12)16(21(2)3)17(23)18-11-15-20-19-14-8-5-9-22(14)15/h4,6-7,10,16H,5,8-9,11H2,1-3H3,(H,18,23)/t16-/m0/s1. The number of carbonyl (C=O) groups excluding carboxylic acids is 1. The molecule has 0 bridgehead atoms. The Morgan fingerprint density at radius 3 is 2.96 bits per heavy atom. The minimum Gasteiger partial charge on any atom is -0.347 e. The summed E-state index contributed by atoms with van der Waals surface area (Å²) in [6, 6.07) is 7.76. The average Bonchev–Trinajstić information content (AvgIpc) is 3.08. The van der Waals surface area contributed by atoms with E-state index in [4.69, 9.17) is 0 Å². The zero-order chi connectivity index (χ0) is 16.4. The topological polar surface area (TPSA) is 63.1 Å². The number of fused-ring (bicyclic) bond motifs is 1. The lowest BCUT2D eigenvalue weighted by Crippen LogP contribution is -2.37. The Kier molecular flexibility index (Phi) is 4.43. The second-order valence-electron chi connectivity index (χ2n) is 6.29. The Balaban J connectivity index is 1.72. The van der Waals surface area contributed by atoms with E-state index in [1.165, 1.54) is 0 Å². The lowest BCUT2D eigenvalue weighted by atomic mass is 10.0. The van der Waals surface area contributed by atoms with Crippen LogP contribution in [0.25, 0.3) is 0 Å². The molecule has 1 N–H and O–H groups in total. The zero-order valence-electron chi connectivity index (χ0n) is 13.9. The number of aromatic nitrogens is 3. The van der Waals surface area contributed by atoms with Crippen LogP contribution in [0.2, 0.25) is 0 Å². The second-order valence-corrected chi connectivity index (χ2v) is 6.29. The molecule has 1 aromatic heterocycles. The summed E-state index contributed by atoms with van der Waals surface area (Å²) in [7, 11) is 3.84. The first kappa shape index (κ1) is 15.7. The minimum atomic E-state index is -0.309. The molecular formula is C17H23N5O. The molecular weight excluding hydrogens is 290 g/mol. The highest BCUT2D eigenvalue weighted by molar-refractivity contribution is 5.83. The van der Waals surface area contributed by atoms with Crippen molar-refractivity contribution in [1.29, 1.82) is 0 Å². The van der Waals surface area contributed by atoms with E-state index < -0.39 is 0 Å². The van der Waals surface area contributed by atoms with E-state index in [-0.39, 0.29) is 11.9 Å². The van der Waals surface area contributed by atoms with Crippen molar-refractivity contribution >= 4 is 5.91 Å². The van der Waals surface area contributed by atoms with Crippen LogP contribution in [0.3, 0.4) is 0 Å². The number of likely N-dealkylation sites (N-methyl/N-ethyl adjacent to an activating group) is 1. The molecule has 23 heavy (non-hydrogen) atoms. The third-order valence-electron chi connectivity index (χ3n) is 4.23. The number of rotatable bonds is 5. The van der Waals surface area contributed by atoms with E-state index in [0.29, 0.717) is 6.54 Å². The van der Waals surface area contributed by atoms with Crippen molar-refractivity contribution in [1.82, 2.24) is 25.0 Å². The number of hydrogen-bond donors (Lipinski definition) is 1. The average molecular weight is 313 g/mol. The number of benzene rings is 1. The molecule has 0 aliphatic carbocycles. The summed E-state index contributed by atoms with van der Waals surface area (Å²) in [5.74, 6) is 1.85. The first-order valence-corrected chi connectivity index (χ1v) is 7.98. The molecule has 0 saturated heterocycles. The molecule has 0 unspecified atom stereocenters. The number of aryl methyl sites for hydroxylation is 2. The van der Waals surface area contributed by atoms with Gasteiger partial charge in [0.25, 0.3) is 0 Å². The fourth-order valence-electron chi connectivity index (χ4n) is 3.13. The van der Waals surface area contributed by atoms with Gasteiger partial charge in [-0.1, -0.05) is 29.8 Å². The maximum absolute atomic E-state index is 12.7. The molecule has 1 amide bonds. The quantitative estimate of drug-likeness (QED) is 0.907. The van der Waals surface area contributed by atoms with Gasteiger partial charge in [0.05, 0.1) is 6.54 Å². The molecule has 0 radical (unpaired) electrons. The highest BCUT2D eigenvalue weighted by atomic mass is 16.2. The van der Waals surface area contributed by atoms with Crippen LogP contribution in [-0.4, -0.2) is 39.7 Å². The smallest absolute Gasteiger partial charge is 0.242 e. The maximum atomic E-state index is 12.7. The lowest BCUT2D eigenvalue weighted by Gasteiger charge is -2.24. The van der Waals surface area contributed by atoms with Crippen LogP contribution in [0.1, 0.15) is 35.2 Å². The van der Waals surface area contributed by atoms with Gasteiger partial charge < -0.3 is 9.88 Å². The third-order valence-corrected chi connectivity index (χ3v) is 4.23. The van der Waals surface area contributed by atoms with Gasteiger partial charge in [0.15, 0.2) is 5.82 Å². The molecule has 1 aromatic carbocycles. The number of nitrogens with zero attached hydrogens (tertiary/aromatic N) is 4. The van der Waals surface area contributed by atoms with E-state index in [1.807, 2.05) is 44.1 Å². The van der Waals surface area contributed by atoms with Crippen molar-refractivity contribution in [2.24, 2.45) is 0 Å². The Hall–Kier alpha value is -2.21.